The Morgan fingerprint density at radius 1 is 1.03 bits per heavy atom. The maximum atomic E-state index is 13.7. The van der Waals surface area contributed by atoms with Crippen molar-refractivity contribution in [1.29, 1.82) is 0 Å². The lowest BCUT2D eigenvalue weighted by molar-refractivity contribution is -0.139. The Hall–Kier alpha value is -2.83. The molecule has 1 aromatic heterocycles. The van der Waals surface area contributed by atoms with E-state index in [1.165, 1.54) is 24.3 Å². The van der Waals surface area contributed by atoms with Crippen molar-refractivity contribution in [1.82, 2.24) is 4.98 Å². The van der Waals surface area contributed by atoms with Gasteiger partial charge in [-0.2, -0.15) is 13.2 Å². The third-order valence-electron chi connectivity index (χ3n) is 4.74. The van der Waals surface area contributed by atoms with Crippen LogP contribution in [0.5, 0.6) is 0 Å². The van der Waals surface area contributed by atoms with Crippen molar-refractivity contribution in [3.8, 4) is 0 Å². The Labute approximate surface area is 193 Å². The van der Waals surface area contributed by atoms with Gasteiger partial charge in [-0.3, -0.25) is 9.78 Å². The van der Waals surface area contributed by atoms with Crippen LogP contribution in [-0.2, 0) is 0 Å². The Bertz CT molecular complexity index is 1140. The molecule has 2 aromatic carbocycles. The van der Waals surface area contributed by atoms with Gasteiger partial charge in [0.15, 0.2) is 0 Å². The molecule has 1 atom stereocenters. The van der Waals surface area contributed by atoms with E-state index < -0.39 is 12.1 Å². The highest BCUT2D eigenvalue weighted by Crippen LogP contribution is 2.38. The number of benzene rings is 2. The molecule has 0 aliphatic carbocycles. The molecule has 3 rings (SSSR count). The molecule has 8 heteroatoms. The summed E-state index contributed by atoms with van der Waals surface area (Å²) < 4.78 is 41.0. The van der Waals surface area contributed by atoms with Gasteiger partial charge in [-0.1, -0.05) is 47.5 Å². The van der Waals surface area contributed by atoms with Crippen molar-refractivity contribution in [2.45, 2.75) is 25.9 Å². The van der Waals surface area contributed by atoms with Crippen LogP contribution in [0, 0.1) is 13.8 Å². The summed E-state index contributed by atoms with van der Waals surface area (Å²) in [6, 6.07) is 12.2. The minimum absolute atomic E-state index is 0.0503. The van der Waals surface area contributed by atoms with Crippen LogP contribution in [0.15, 0.2) is 60.8 Å². The molecule has 1 amide bonds. The molecule has 0 spiro atoms. The zero-order valence-corrected chi connectivity index (χ0v) is 18.7. The van der Waals surface area contributed by atoms with Crippen LogP contribution >= 0.6 is 23.2 Å². The number of rotatable bonds is 5. The number of carbonyl (C=O) groups is 1. The molecular formula is C24H19Cl2F3N2O. The molecule has 1 N–H and O–H groups in total. The molecule has 0 aliphatic heterocycles. The number of amides is 1. The van der Waals surface area contributed by atoms with Crippen molar-refractivity contribution in [3.63, 3.8) is 0 Å². The smallest absolute Gasteiger partial charge is 0.321 e. The average molecular weight is 479 g/mol. The molecule has 0 fully saturated rings. The fraction of sp³-hybridized carbons (Fsp3) is 0.167. The number of aromatic nitrogens is 1. The fourth-order valence-corrected chi connectivity index (χ4v) is 3.70. The lowest BCUT2D eigenvalue weighted by atomic mass is 9.96. The van der Waals surface area contributed by atoms with Gasteiger partial charge in [0.1, 0.15) is 0 Å². The summed E-state index contributed by atoms with van der Waals surface area (Å²) in [5, 5.41) is 3.01. The maximum Gasteiger partial charge on any atom is 0.399 e. The largest absolute Gasteiger partial charge is 0.399 e. The minimum Gasteiger partial charge on any atom is -0.321 e. The Morgan fingerprint density at radius 2 is 1.72 bits per heavy atom. The summed E-state index contributed by atoms with van der Waals surface area (Å²) >= 11 is 11.8. The van der Waals surface area contributed by atoms with Gasteiger partial charge in [-0.15, -0.1) is 0 Å². The van der Waals surface area contributed by atoms with E-state index in [0.29, 0.717) is 22.4 Å². The molecule has 0 saturated carbocycles. The Kier molecular flexibility index (Phi) is 7.26. The molecule has 1 unspecified atom stereocenters. The number of halogens is 5. The first-order valence-corrected chi connectivity index (χ1v) is 10.3. The molecule has 32 heavy (non-hydrogen) atoms. The van der Waals surface area contributed by atoms with Crippen molar-refractivity contribution < 1.29 is 18.0 Å². The molecule has 3 nitrogen and oxygen atoms in total. The van der Waals surface area contributed by atoms with E-state index in [1.54, 1.807) is 43.5 Å². The average Bonchev–Trinajstić information content (AvgIpc) is 2.68. The summed E-state index contributed by atoms with van der Waals surface area (Å²) in [7, 11) is 0. The van der Waals surface area contributed by atoms with Crippen LogP contribution in [0.2, 0.25) is 10.0 Å². The molecule has 166 valence electrons. The van der Waals surface area contributed by atoms with Crippen molar-refractivity contribution >= 4 is 40.9 Å². The first kappa shape index (κ1) is 23.8. The normalized spacial score (nSPS) is 12.7. The SMILES string of the molecule is Cc1ccc(NC(=O)c2ccc(/C=C/C(c3cc(Cl)cc(Cl)c3)C(F)(F)F)cc2C)cn1. The number of nitrogens with zero attached hydrogens (tertiary/aromatic N) is 1. The Balaban J connectivity index is 1.82. The second kappa shape index (κ2) is 9.76. The van der Waals surface area contributed by atoms with Crippen molar-refractivity contribution in [2.75, 3.05) is 5.32 Å². The number of hydrogen-bond donors (Lipinski definition) is 1. The van der Waals surface area contributed by atoms with E-state index in [2.05, 4.69) is 10.3 Å². The maximum absolute atomic E-state index is 13.7. The zero-order valence-electron chi connectivity index (χ0n) is 17.2. The summed E-state index contributed by atoms with van der Waals surface area (Å²) in [5.74, 6) is -2.21. The second-order valence-electron chi connectivity index (χ2n) is 7.30. The fourth-order valence-electron chi connectivity index (χ4n) is 3.16. The molecule has 1 heterocycles. The number of alkyl halides is 3. The van der Waals surface area contributed by atoms with Gasteiger partial charge >= 0.3 is 6.18 Å². The van der Waals surface area contributed by atoms with E-state index in [1.807, 2.05) is 6.92 Å². The number of allylic oxidation sites excluding steroid dienone is 1. The van der Waals surface area contributed by atoms with Gasteiger partial charge in [0.2, 0.25) is 0 Å². The second-order valence-corrected chi connectivity index (χ2v) is 8.17. The number of pyridine rings is 1. The minimum atomic E-state index is -4.53. The van der Waals surface area contributed by atoms with Gasteiger partial charge in [0.25, 0.3) is 5.91 Å². The van der Waals surface area contributed by atoms with E-state index in [0.717, 1.165) is 11.8 Å². The van der Waals surface area contributed by atoms with Gasteiger partial charge in [-0.05, 0) is 66.9 Å². The van der Waals surface area contributed by atoms with E-state index >= 15 is 0 Å². The molecule has 0 radical (unpaired) electrons. The first-order chi connectivity index (χ1) is 15.0. The number of nitrogens with one attached hydrogen (secondary N) is 1. The zero-order chi connectivity index (χ0) is 23.5. The number of anilines is 1. The summed E-state index contributed by atoms with van der Waals surface area (Å²) in [4.78, 5) is 16.7. The van der Waals surface area contributed by atoms with Gasteiger partial charge < -0.3 is 5.32 Å². The van der Waals surface area contributed by atoms with Crippen LogP contribution < -0.4 is 5.32 Å². The van der Waals surface area contributed by atoms with Gasteiger partial charge in [-0.25, -0.2) is 0 Å². The van der Waals surface area contributed by atoms with Crippen LogP contribution in [-0.4, -0.2) is 17.1 Å². The van der Waals surface area contributed by atoms with Crippen LogP contribution in [0.25, 0.3) is 6.08 Å². The highest BCUT2D eigenvalue weighted by Gasteiger charge is 2.39. The van der Waals surface area contributed by atoms with E-state index in [-0.39, 0.29) is 21.5 Å². The third kappa shape index (κ3) is 6.11. The number of hydrogen-bond acceptors (Lipinski definition) is 2. The summed E-state index contributed by atoms with van der Waals surface area (Å²) in [6.07, 6.45) is -0.555. The quantitative estimate of drug-likeness (QED) is 0.409. The predicted molar refractivity (Wildman–Crippen MR) is 122 cm³/mol. The highest BCUT2D eigenvalue weighted by molar-refractivity contribution is 6.34. The lowest BCUT2D eigenvalue weighted by Gasteiger charge is -2.18. The third-order valence-corrected chi connectivity index (χ3v) is 5.18. The van der Waals surface area contributed by atoms with E-state index in [4.69, 9.17) is 23.2 Å². The monoisotopic (exact) mass is 478 g/mol. The molecule has 0 aliphatic rings. The molecule has 0 saturated heterocycles. The van der Waals surface area contributed by atoms with Crippen molar-refractivity contribution in [3.05, 3.63) is 98.8 Å². The predicted octanol–water partition coefficient (Wildman–Crippen LogP) is 7.62. The van der Waals surface area contributed by atoms with Gasteiger partial charge in [0, 0.05) is 21.3 Å². The van der Waals surface area contributed by atoms with Crippen molar-refractivity contribution in [2.24, 2.45) is 0 Å². The lowest BCUT2D eigenvalue weighted by Crippen LogP contribution is -2.19. The molecule has 3 aromatic rings. The number of aryl methyl sites for hydroxylation is 2. The first-order valence-electron chi connectivity index (χ1n) is 9.58. The molecule has 0 bridgehead atoms. The Morgan fingerprint density at radius 3 is 2.28 bits per heavy atom. The van der Waals surface area contributed by atoms with Crippen LogP contribution in [0.4, 0.5) is 18.9 Å². The standard InChI is InChI=1S/C24H19Cl2F3N2O/c1-14-9-16(4-7-21(14)23(32)31-20-6-3-15(2)30-13-20)5-8-22(24(27,28)29)17-10-18(25)12-19(26)11-17/h3-13,22H,1-2H3,(H,31,32)/b8-5+. The van der Waals surface area contributed by atoms with E-state index in [9.17, 15) is 18.0 Å². The topological polar surface area (TPSA) is 42.0 Å². The number of carbonyl (C=O) groups excluding carboxylic acids is 1. The summed E-state index contributed by atoms with van der Waals surface area (Å²) in [6.45, 7) is 3.56. The van der Waals surface area contributed by atoms with Gasteiger partial charge in [0.05, 0.1) is 17.8 Å². The van der Waals surface area contributed by atoms with Crippen LogP contribution in [0.1, 0.15) is 38.7 Å². The summed E-state index contributed by atoms with van der Waals surface area (Å²) in [5.41, 5.74) is 2.89. The highest BCUT2D eigenvalue weighted by atomic mass is 35.5. The van der Waals surface area contributed by atoms with Crippen LogP contribution in [0.3, 0.4) is 0 Å². The molecular weight excluding hydrogens is 460 g/mol.